The second kappa shape index (κ2) is 7.84. The van der Waals surface area contributed by atoms with Gasteiger partial charge in [0.2, 0.25) is 0 Å². The molecule has 0 saturated carbocycles. The van der Waals surface area contributed by atoms with Crippen molar-refractivity contribution in [2.24, 2.45) is 5.73 Å². The summed E-state index contributed by atoms with van der Waals surface area (Å²) >= 11 is 0. The fourth-order valence-corrected chi connectivity index (χ4v) is 2.73. The molecule has 216 valence electrons. The lowest BCUT2D eigenvalue weighted by molar-refractivity contribution is -0.617. The first-order valence-electron chi connectivity index (χ1n) is 8.73. The van der Waals surface area contributed by atoms with Gasteiger partial charge in [0.1, 0.15) is 5.60 Å². The van der Waals surface area contributed by atoms with Crippen molar-refractivity contribution in [2.75, 3.05) is 0 Å². The minimum Gasteiger partial charge on any atom is -0.322 e. The number of nitrogens with two attached hydrogens (primary N) is 1. The van der Waals surface area contributed by atoms with Crippen molar-refractivity contribution >= 4 is 0 Å². The van der Waals surface area contributed by atoms with Crippen LogP contribution < -0.4 is 5.73 Å². The zero-order valence-electron chi connectivity index (χ0n) is 17.7. The average Bonchev–Trinajstić information content (AvgIpc) is 2.55. The summed E-state index contributed by atoms with van der Waals surface area (Å²) in [5.74, 6) is -34.0. The number of halogens is 17. The summed E-state index contributed by atoms with van der Waals surface area (Å²) in [4.78, 5) is 0. The van der Waals surface area contributed by atoms with Gasteiger partial charge in [0, 0.05) is 0 Å². The van der Waals surface area contributed by atoms with Gasteiger partial charge in [-0.1, -0.05) is 0 Å². The van der Waals surface area contributed by atoms with Gasteiger partial charge in [0.25, 0.3) is 0 Å². The van der Waals surface area contributed by atoms with Gasteiger partial charge < -0.3 is 10.5 Å². The molecular formula is C15H14F17NO3. The number of hydrogen-bond donors (Lipinski definition) is 1. The number of alkyl halides is 17. The lowest BCUT2D eigenvalue weighted by Crippen LogP contribution is -2.82. The first kappa shape index (κ1) is 32.7. The number of rotatable bonds is 5. The van der Waals surface area contributed by atoms with Gasteiger partial charge in [-0.25, -0.2) is 4.39 Å². The summed E-state index contributed by atoms with van der Waals surface area (Å²) in [6.07, 6.45) is -29.0. The van der Waals surface area contributed by atoms with Gasteiger partial charge >= 0.3 is 54.0 Å². The van der Waals surface area contributed by atoms with E-state index in [1.54, 1.807) is 0 Å². The maximum absolute atomic E-state index is 15.4. The Morgan fingerprint density at radius 2 is 0.944 bits per heavy atom. The van der Waals surface area contributed by atoms with Crippen molar-refractivity contribution in [3.05, 3.63) is 0 Å². The van der Waals surface area contributed by atoms with Crippen LogP contribution in [0.1, 0.15) is 27.7 Å². The Morgan fingerprint density at radius 1 is 0.583 bits per heavy atom. The lowest BCUT2D eigenvalue weighted by Gasteiger charge is -2.56. The molecule has 0 radical (unpaired) electrons. The van der Waals surface area contributed by atoms with Crippen LogP contribution >= 0.6 is 0 Å². The quantitative estimate of drug-likeness (QED) is 0.398. The van der Waals surface area contributed by atoms with E-state index < -0.39 is 79.0 Å². The molecule has 0 aromatic heterocycles. The Bertz CT molecular complexity index is 846. The van der Waals surface area contributed by atoms with E-state index in [2.05, 4.69) is 14.2 Å². The molecule has 0 bridgehead atoms. The second-order valence-electron chi connectivity index (χ2n) is 8.50. The summed E-state index contributed by atoms with van der Waals surface area (Å²) in [7, 11) is 0. The monoisotopic (exact) mass is 579 g/mol. The average molecular weight is 579 g/mol. The summed E-state index contributed by atoms with van der Waals surface area (Å²) in [6, 6.07) is 0. The van der Waals surface area contributed by atoms with Crippen LogP contribution in [0.5, 0.6) is 0 Å². The Balaban J connectivity index is 4.04. The van der Waals surface area contributed by atoms with Gasteiger partial charge in [-0.15, -0.1) is 0 Å². The summed E-state index contributed by atoms with van der Waals surface area (Å²) in [5, 5.41) is 0. The highest BCUT2D eigenvalue weighted by molar-refractivity contribution is 5.13. The van der Waals surface area contributed by atoms with Crippen molar-refractivity contribution in [3.63, 3.8) is 0 Å². The molecule has 1 fully saturated rings. The first-order valence-corrected chi connectivity index (χ1v) is 8.73. The van der Waals surface area contributed by atoms with Gasteiger partial charge in [0.15, 0.2) is 0 Å². The Labute approximate surface area is 188 Å². The molecular weight excluding hydrogens is 565 g/mol. The van der Waals surface area contributed by atoms with Gasteiger partial charge in [0.05, 0.1) is 5.54 Å². The summed E-state index contributed by atoms with van der Waals surface area (Å²) < 4.78 is 241. The molecule has 0 amide bonds. The second-order valence-corrected chi connectivity index (χ2v) is 8.50. The van der Waals surface area contributed by atoms with E-state index in [0.717, 1.165) is 0 Å². The van der Waals surface area contributed by atoms with E-state index in [9.17, 15) is 70.2 Å². The summed E-state index contributed by atoms with van der Waals surface area (Å²) in [5.41, 5.74) is -4.18. The minimum atomic E-state index is -7.38. The number of ether oxygens (including phenoxy) is 3. The molecule has 0 aliphatic carbocycles. The first-order chi connectivity index (χ1) is 15.1. The zero-order chi connectivity index (χ0) is 29.6. The molecule has 4 atom stereocenters. The predicted molar refractivity (Wildman–Crippen MR) is 79.0 cm³/mol. The molecule has 0 aromatic rings. The van der Waals surface area contributed by atoms with Crippen molar-refractivity contribution in [3.8, 4) is 0 Å². The molecule has 4 unspecified atom stereocenters. The molecule has 1 saturated heterocycles. The fraction of sp³-hybridized carbons (Fsp3) is 1.00. The largest absolute Gasteiger partial charge is 0.458 e. The Hall–Kier alpha value is -1.35. The van der Waals surface area contributed by atoms with Crippen LogP contribution in [0.25, 0.3) is 0 Å². The van der Waals surface area contributed by atoms with Crippen molar-refractivity contribution in [1.29, 1.82) is 0 Å². The molecule has 1 aliphatic heterocycles. The van der Waals surface area contributed by atoms with E-state index in [-0.39, 0.29) is 13.8 Å². The molecule has 0 spiro atoms. The van der Waals surface area contributed by atoms with Crippen molar-refractivity contribution in [1.82, 2.24) is 0 Å². The van der Waals surface area contributed by atoms with E-state index in [0.29, 0.717) is 0 Å². The standard InChI is InChI=1S/C15H14F17NO3/c1-5(2,33)7(16,17)9(19,12(22,23)24)34-6(3,4)8(18)10(20,13(25,26)27)36-15(31,32)11(21,35-8)14(28,29)30/h33H2,1-4H3. The molecule has 21 heteroatoms. The molecule has 1 heterocycles. The highest BCUT2D eigenvalue weighted by Gasteiger charge is 2.93. The third kappa shape index (κ3) is 4.16. The van der Waals surface area contributed by atoms with E-state index in [4.69, 9.17) is 5.73 Å². The van der Waals surface area contributed by atoms with E-state index in [1.165, 1.54) is 0 Å². The highest BCUT2D eigenvalue weighted by Crippen LogP contribution is 2.65. The van der Waals surface area contributed by atoms with Crippen LogP contribution in [0, 0.1) is 0 Å². The van der Waals surface area contributed by atoms with Crippen LogP contribution in [0.3, 0.4) is 0 Å². The SMILES string of the molecule is CC(C)(N)C(F)(F)C(F)(OC(C)(C)C1(F)OC(F)(C(F)(F)F)C(F)(F)OC1(F)C(F)(F)F)C(F)(F)F. The maximum Gasteiger partial charge on any atom is 0.458 e. The molecule has 0 aromatic carbocycles. The van der Waals surface area contributed by atoms with Crippen molar-refractivity contribution in [2.45, 2.75) is 92.8 Å². The molecule has 36 heavy (non-hydrogen) atoms. The molecule has 4 nitrogen and oxygen atoms in total. The van der Waals surface area contributed by atoms with E-state index >= 15 is 4.39 Å². The topological polar surface area (TPSA) is 53.7 Å². The Morgan fingerprint density at radius 3 is 1.22 bits per heavy atom. The molecule has 1 rings (SSSR count). The van der Waals surface area contributed by atoms with E-state index in [1.807, 2.05) is 0 Å². The Kier molecular flexibility index (Phi) is 7.12. The van der Waals surface area contributed by atoms with Crippen LogP contribution in [0.2, 0.25) is 0 Å². The minimum absolute atomic E-state index is 0.0409. The third-order valence-corrected chi connectivity index (χ3v) is 4.82. The van der Waals surface area contributed by atoms with Crippen LogP contribution in [0.15, 0.2) is 0 Å². The third-order valence-electron chi connectivity index (χ3n) is 4.82. The smallest absolute Gasteiger partial charge is 0.322 e. The zero-order valence-corrected chi connectivity index (χ0v) is 17.7. The van der Waals surface area contributed by atoms with Crippen LogP contribution in [0.4, 0.5) is 74.6 Å². The van der Waals surface area contributed by atoms with Crippen LogP contribution in [-0.2, 0) is 14.2 Å². The number of hydrogen-bond acceptors (Lipinski definition) is 4. The van der Waals surface area contributed by atoms with Gasteiger partial charge in [-0.05, 0) is 27.7 Å². The molecule has 2 N–H and O–H groups in total. The highest BCUT2D eigenvalue weighted by atomic mass is 19.4. The fourth-order valence-electron chi connectivity index (χ4n) is 2.73. The summed E-state index contributed by atoms with van der Waals surface area (Å²) in [6.45, 7) is -1.64. The molecule has 1 aliphatic rings. The van der Waals surface area contributed by atoms with Crippen molar-refractivity contribution < 1.29 is 88.8 Å². The maximum atomic E-state index is 15.4. The lowest BCUT2D eigenvalue weighted by atomic mass is 9.86. The predicted octanol–water partition coefficient (Wildman–Crippen LogP) is 6.14. The van der Waals surface area contributed by atoms with Gasteiger partial charge in [-0.2, -0.15) is 70.2 Å². The van der Waals surface area contributed by atoms with Crippen LogP contribution in [-0.4, -0.2) is 65.1 Å². The van der Waals surface area contributed by atoms with Gasteiger partial charge in [-0.3, -0.25) is 9.47 Å². The normalized spacial score (nSPS) is 32.8.